The van der Waals surface area contributed by atoms with Crippen LogP contribution >= 0.6 is 0 Å². The maximum absolute atomic E-state index is 10.9. The number of rotatable bonds is 4. The standard InChI is InChI=1S/C12H14O4/c13-10-6-12(14)16-11(10)8-15-7-9-4-2-1-3-5-9/h1-5,10-11,13H,6-8H2/t10-,11+/m0/s1/i8+1. The van der Waals surface area contributed by atoms with Gasteiger partial charge in [-0.3, -0.25) is 4.79 Å². The van der Waals surface area contributed by atoms with Crippen molar-refractivity contribution in [3.8, 4) is 0 Å². The van der Waals surface area contributed by atoms with Crippen LogP contribution in [0.5, 0.6) is 0 Å². The fraction of sp³-hybridized carbons (Fsp3) is 0.417. The van der Waals surface area contributed by atoms with Crippen LogP contribution in [0.1, 0.15) is 12.0 Å². The van der Waals surface area contributed by atoms with E-state index in [2.05, 4.69) is 0 Å². The summed E-state index contributed by atoms with van der Waals surface area (Å²) in [7, 11) is 0. The Morgan fingerprint density at radius 3 is 2.75 bits per heavy atom. The zero-order valence-electron chi connectivity index (χ0n) is 8.83. The van der Waals surface area contributed by atoms with E-state index in [-0.39, 0.29) is 19.0 Å². The van der Waals surface area contributed by atoms with Crippen LogP contribution in [-0.4, -0.2) is 29.9 Å². The lowest BCUT2D eigenvalue weighted by molar-refractivity contribution is -0.144. The monoisotopic (exact) mass is 223 g/mol. The molecule has 0 radical (unpaired) electrons. The third-order valence-electron chi connectivity index (χ3n) is 2.48. The van der Waals surface area contributed by atoms with E-state index in [1.165, 1.54) is 0 Å². The Morgan fingerprint density at radius 1 is 1.38 bits per heavy atom. The Bertz CT molecular complexity index is 349. The molecular weight excluding hydrogens is 209 g/mol. The highest BCUT2D eigenvalue weighted by Gasteiger charge is 2.33. The second kappa shape index (κ2) is 5.09. The second-order valence-electron chi connectivity index (χ2n) is 3.80. The number of hydrogen-bond acceptors (Lipinski definition) is 4. The largest absolute Gasteiger partial charge is 0.457 e. The van der Waals surface area contributed by atoms with Gasteiger partial charge in [-0.25, -0.2) is 0 Å². The lowest BCUT2D eigenvalue weighted by Crippen LogP contribution is -2.26. The van der Waals surface area contributed by atoms with Gasteiger partial charge in [0.15, 0.2) is 6.10 Å². The molecule has 1 aromatic carbocycles. The highest BCUT2D eigenvalue weighted by atomic mass is 16.6. The molecule has 4 heteroatoms. The molecule has 2 atom stereocenters. The number of esters is 1. The molecule has 1 saturated heterocycles. The van der Waals surface area contributed by atoms with Crippen LogP contribution < -0.4 is 0 Å². The average Bonchev–Trinajstić information content (AvgIpc) is 2.59. The first-order chi connectivity index (χ1) is 7.75. The van der Waals surface area contributed by atoms with E-state index < -0.39 is 12.2 Å². The first kappa shape index (κ1) is 11.1. The van der Waals surface area contributed by atoms with Crippen molar-refractivity contribution < 1.29 is 19.4 Å². The molecule has 0 amide bonds. The molecule has 16 heavy (non-hydrogen) atoms. The summed E-state index contributed by atoms with van der Waals surface area (Å²) in [4.78, 5) is 10.9. The summed E-state index contributed by atoms with van der Waals surface area (Å²) in [6.45, 7) is 0.698. The summed E-state index contributed by atoms with van der Waals surface area (Å²) in [5.74, 6) is -0.360. The van der Waals surface area contributed by atoms with Crippen molar-refractivity contribution in [2.24, 2.45) is 0 Å². The second-order valence-corrected chi connectivity index (χ2v) is 3.80. The highest BCUT2D eigenvalue weighted by molar-refractivity contribution is 5.72. The van der Waals surface area contributed by atoms with Gasteiger partial charge < -0.3 is 14.6 Å². The van der Waals surface area contributed by atoms with Crippen LogP contribution in [-0.2, 0) is 20.9 Å². The zero-order chi connectivity index (χ0) is 11.4. The zero-order valence-corrected chi connectivity index (χ0v) is 8.83. The summed E-state index contributed by atoms with van der Waals surface area (Å²) < 4.78 is 10.3. The minimum absolute atomic E-state index is 0.0688. The molecule has 0 aliphatic carbocycles. The van der Waals surface area contributed by atoms with E-state index in [1.807, 2.05) is 30.3 Å². The van der Waals surface area contributed by atoms with Crippen LogP contribution in [0, 0.1) is 0 Å². The first-order valence-corrected chi connectivity index (χ1v) is 5.25. The Morgan fingerprint density at radius 2 is 2.12 bits per heavy atom. The Kier molecular flexibility index (Phi) is 3.54. The van der Waals surface area contributed by atoms with E-state index in [0.717, 1.165) is 5.56 Å². The van der Waals surface area contributed by atoms with Gasteiger partial charge in [-0.05, 0) is 5.56 Å². The van der Waals surface area contributed by atoms with Crippen LogP contribution in [0.3, 0.4) is 0 Å². The van der Waals surface area contributed by atoms with E-state index >= 15 is 0 Å². The van der Waals surface area contributed by atoms with Crippen molar-refractivity contribution in [3.63, 3.8) is 0 Å². The third kappa shape index (κ3) is 2.81. The SMILES string of the molecule is O=C1C[C@H](O)[C@@H]([13CH2]OCc2ccccc2)O1. The summed E-state index contributed by atoms with van der Waals surface area (Å²) >= 11 is 0. The van der Waals surface area contributed by atoms with Gasteiger partial charge in [0.2, 0.25) is 0 Å². The molecule has 1 N–H and O–H groups in total. The van der Waals surface area contributed by atoms with Gasteiger partial charge in [0.1, 0.15) is 6.10 Å². The van der Waals surface area contributed by atoms with Crippen molar-refractivity contribution in [3.05, 3.63) is 35.9 Å². The molecule has 0 bridgehead atoms. The molecule has 4 nitrogen and oxygen atoms in total. The summed E-state index contributed by atoms with van der Waals surface area (Å²) in [5.41, 5.74) is 1.06. The number of carbonyl (C=O) groups is 1. The van der Waals surface area contributed by atoms with Crippen LogP contribution in [0.4, 0.5) is 0 Å². The third-order valence-corrected chi connectivity index (χ3v) is 2.48. The number of carbonyl (C=O) groups excluding carboxylic acids is 1. The van der Waals surface area contributed by atoms with Gasteiger partial charge in [-0.2, -0.15) is 0 Å². The molecular formula is C12H14O4. The van der Waals surface area contributed by atoms with Crippen LogP contribution in [0.2, 0.25) is 0 Å². The van der Waals surface area contributed by atoms with Crippen molar-refractivity contribution >= 4 is 5.97 Å². The molecule has 0 unspecified atom stereocenters. The Balaban J connectivity index is 1.74. The normalized spacial score (nSPS) is 24.4. The summed E-state index contributed by atoms with van der Waals surface area (Å²) in [5, 5.41) is 9.43. The minimum Gasteiger partial charge on any atom is -0.457 e. The van der Waals surface area contributed by atoms with Gasteiger partial charge >= 0.3 is 5.97 Å². The van der Waals surface area contributed by atoms with Gasteiger partial charge in [0.25, 0.3) is 0 Å². The molecule has 0 aromatic heterocycles. The molecule has 1 aliphatic heterocycles. The van der Waals surface area contributed by atoms with E-state index in [9.17, 15) is 9.90 Å². The first-order valence-electron chi connectivity index (χ1n) is 5.25. The Hall–Kier alpha value is -1.39. The Labute approximate surface area is 93.8 Å². The summed E-state index contributed by atoms with van der Waals surface area (Å²) in [6.07, 6.45) is -1.18. The number of aliphatic hydroxyl groups is 1. The molecule has 2 rings (SSSR count). The van der Waals surface area contributed by atoms with Gasteiger partial charge in [-0.1, -0.05) is 30.3 Å². The van der Waals surface area contributed by atoms with Crippen LogP contribution in [0.15, 0.2) is 30.3 Å². The highest BCUT2D eigenvalue weighted by Crippen LogP contribution is 2.15. The van der Waals surface area contributed by atoms with Gasteiger partial charge in [0, 0.05) is 0 Å². The maximum Gasteiger partial charge on any atom is 0.309 e. The molecule has 1 aliphatic rings. The molecule has 0 saturated carbocycles. The van der Waals surface area contributed by atoms with Crippen molar-refractivity contribution in [1.82, 2.24) is 0 Å². The van der Waals surface area contributed by atoms with E-state index in [4.69, 9.17) is 9.47 Å². The van der Waals surface area contributed by atoms with E-state index in [0.29, 0.717) is 6.61 Å². The quantitative estimate of drug-likeness (QED) is 0.608. The lowest BCUT2D eigenvalue weighted by atomic mass is 10.2. The van der Waals surface area contributed by atoms with Crippen LogP contribution in [0.25, 0.3) is 0 Å². The number of aliphatic hydroxyl groups excluding tert-OH is 1. The lowest BCUT2D eigenvalue weighted by Gasteiger charge is -2.13. The number of cyclic esters (lactones) is 1. The predicted octanol–water partition coefficient (Wildman–Crippen LogP) is 0.880. The molecule has 0 spiro atoms. The molecule has 86 valence electrons. The molecule has 1 heterocycles. The predicted molar refractivity (Wildman–Crippen MR) is 56.6 cm³/mol. The number of benzene rings is 1. The number of ether oxygens (including phenoxy) is 2. The van der Waals surface area contributed by atoms with Gasteiger partial charge in [0.05, 0.1) is 19.6 Å². The molecule has 1 fully saturated rings. The molecule has 1 aromatic rings. The number of hydrogen-bond donors (Lipinski definition) is 1. The van der Waals surface area contributed by atoms with Gasteiger partial charge in [-0.15, -0.1) is 0 Å². The van der Waals surface area contributed by atoms with Crippen molar-refractivity contribution in [1.29, 1.82) is 0 Å². The summed E-state index contributed by atoms with van der Waals surface area (Å²) in [6, 6.07) is 9.71. The minimum atomic E-state index is -0.733. The van der Waals surface area contributed by atoms with Crippen molar-refractivity contribution in [2.75, 3.05) is 6.61 Å². The fourth-order valence-electron chi connectivity index (χ4n) is 1.61. The smallest absolute Gasteiger partial charge is 0.309 e. The maximum atomic E-state index is 10.9. The van der Waals surface area contributed by atoms with E-state index in [1.54, 1.807) is 0 Å². The fourth-order valence-corrected chi connectivity index (χ4v) is 1.61. The topological polar surface area (TPSA) is 55.8 Å². The van der Waals surface area contributed by atoms with Crippen molar-refractivity contribution in [2.45, 2.75) is 25.2 Å². The average molecular weight is 223 g/mol.